The van der Waals surface area contributed by atoms with Crippen LogP contribution in [-0.4, -0.2) is 68.3 Å². The van der Waals surface area contributed by atoms with Crippen molar-refractivity contribution in [3.05, 3.63) is 58.7 Å². The van der Waals surface area contributed by atoms with E-state index in [1.165, 1.54) is 6.07 Å². The van der Waals surface area contributed by atoms with Crippen LogP contribution in [-0.2, 0) is 19.1 Å². The van der Waals surface area contributed by atoms with Crippen LogP contribution in [0, 0.1) is 22.7 Å². The number of benzene rings is 2. The second kappa shape index (κ2) is 11.9. The van der Waals surface area contributed by atoms with E-state index in [-0.39, 0.29) is 29.9 Å². The van der Waals surface area contributed by atoms with Crippen molar-refractivity contribution >= 4 is 22.3 Å². The third-order valence-corrected chi connectivity index (χ3v) is 8.96. The fraction of sp³-hybridized carbons (Fsp3) is 0.469. The Bertz CT molecular complexity index is 1590. The highest BCUT2D eigenvalue weighted by Crippen LogP contribution is 2.42. The lowest BCUT2D eigenvalue weighted by molar-refractivity contribution is -0.136. The Hall–Kier alpha value is -4.06. The molecule has 0 bridgehead atoms. The number of likely N-dealkylation sites (N-methyl/N-ethyl adjacent to an activating group) is 1. The van der Waals surface area contributed by atoms with E-state index < -0.39 is 11.7 Å². The van der Waals surface area contributed by atoms with Gasteiger partial charge in [0.25, 0.3) is 0 Å². The van der Waals surface area contributed by atoms with E-state index in [2.05, 4.69) is 34.3 Å². The van der Waals surface area contributed by atoms with Crippen molar-refractivity contribution in [3.63, 3.8) is 0 Å². The predicted molar refractivity (Wildman–Crippen MR) is 158 cm³/mol. The number of halogens is 3. The zero-order chi connectivity index (χ0) is 30.1. The normalized spacial score (nSPS) is 21.0. The number of fused-ring (bicyclic) bond motifs is 2. The van der Waals surface area contributed by atoms with Crippen LogP contribution in [0.25, 0.3) is 10.8 Å². The molecule has 3 aromatic rings. The summed E-state index contributed by atoms with van der Waals surface area (Å²) in [6, 6.07) is 14.2. The molecule has 8 nitrogen and oxygen atoms in total. The maximum atomic E-state index is 14.1. The molecule has 1 aromatic heterocycles. The smallest absolute Gasteiger partial charge is 0.417 e. The summed E-state index contributed by atoms with van der Waals surface area (Å²) in [5.41, 5.74) is 1.82. The molecule has 4 heterocycles. The van der Waals surface area contributed by atoms with Gasteiger partial charge >= 0.3 is 6.18 Å². The summed E-state index contributed by atoms with van der Waals surface area (Å²) in [6.07, 6.45) is -1.55. The quantitative estimate of drug-likeness (QED) is 0.437. The SMILES string of the molecule is CN1CCC[C@H]1COc1nc(N2CCN[C@H](CC#N)C2)c2c(c1C#N)CN(c1cccc3cccc(C(F)(F)F)c13)CC2. The molecule has 2 aromatic carbocycles. The summed E-state index contributed by atoms with van der Waals surface area (Å²) in [5.74, 6) is 1.00. The second-order valence-corrected chi connectivity index (χ2v) is 11.6. The van der Waals surface area contributed by atoms with E-state index in [4.69, 9.17) is 9.72 Å². The monoisotopic (exact) mass is 589 g/mol. The van der Waals surface area contributed by atoms with Crippen molar-refractivity contribution in [2.75, 3.05) is 56.2 Å². The number of nitrogens with zero attached hydrogens (tertiary/aromatic N) is 6. The molecular weight excluding hydrogens is 555 g/mol. The van der Waals surface area contributed by atoms with Gasteiger partial charge in [-0.2, -0.15) is 28.7 Å². The number of piperazine rings is 1. The zero-order valence-electron chi connectivity index (χ0n) is 24.1. The van der Waals surface area contributed by atoms with E-state index in [0.717, 1.165) is 42.4 Å². The Morgan fingerprint density at radius 3 is 2.60 bits per heavy atom. The molecular formula is C32H34F3N7O. The van der Waals surface area contributed by atoms with Crippen molar-refractivity contribution in [2.45, 2.75) is 50.5 Å². The number of anilines is 2. The molecule has 2 atom stereocenters. The van der Waals surface area contributed by atoms with Gasteiger partial charge in [-0.1, -0.05) is 24.3 Å². The molecule has 0 aliphatic carbocycles. The number of pyridine rings is 1. The Morgan fingerprint density at radius 2 is 1.88 bits per heavy atom. The molecule has 0 amide bonds. The number of likely N-dealkylation sites (tertiary alicyclic amines) is 1. The first-order valence-corrected chi connectivity index (χ1v) is 14.8. The molecule has 2 fully saturated rings. The Labute approximate surface area is 249 Å². The topological polar surface area (TPSA) is 91.5 Å². The van der Waals surface area contributed by atoms with Crippen LogP contribution in [0.4, 0.5) is 24.7 Å². The number of nitrogens with one attached hydrogen (secondary N) is 1. The maximum absolute atomic E-state index is 14.1. The second-order valence-electron chi connectivity index (χ2n) is 11.6. The summed E-state index contributed by atoms with van der Waals surface area (Å²) in [5, 5.41) is 23.8. The number of alkyl halides is 3. The fourth-order valence-corrected chi connectivity index (χ4v) is 6.73. The van der Waals surface area contributed by atoms with Gasteiger partial charge in [0.05, 0.1) is 18.1 Å². The molecule has 3 aliphatic heterocycles. The minimum absolute atomic E-state index is 0.0140. The van der Waals surface area contributed by atoms with Crippen LogP contribution < -0.4 is 19.9 Å². The van der Waals surface area contributed by atoms with Gasteiger partial charge in [-0.3, -0.25) is 0 Å². The summed E-state index contributed by atoms with van der Waals surface area (Å²) >= 11 is 0. The largest absolute Gasteiger partial charge is 0.475 e. The number of rotatable bonds is 6. The van der Waals surface area contributed by atoms with E-state index in [1.54, 1.807) is 24.3 Å². The lowest BCUT2D eigenvalue weighted by Crippen LogP contribution is -2.51. The number of hydrogen-bond donors (Lipinski definition) is 1. The molecule has 0 unspecified atom stereocenters. The Balaban J connectivity index is 1.43. The number of ether oxygens (including phenoxy) is 1. The molecule has 3 aliphatic rings. The highest BCUT2D eigenvalue weighted by molar-refractivity contribution is 5.97. The van der Waals surface area contributed by atoms with Crippen LogP contribution in [0.3, 0.4) is 0 Å². The zero-order valence-corrected chi connectivity index (χ0v) is 24.1. The van der Waals surface area contributed by atoms with Gasteiger partial charge in [0.1, 0.15) is 24.1 Å². The Morgan fingerprint density at radius 1 is 1.07 bits per heavy atom. The average molecular weight is 590 g/mol. The molecule has 0 saturated carbocycles. The van der Waals surface area contributed by atoms with Gasteiger partial charge in [0.2, 0.25) is 5.88 Å². The van der Waals surface area contributed by atoms with E-state index >= 15 is 0 Å². The molecule has 224 valence electrons. The minimum Gasteiger partial charge on any atom is -0.475 e. The highest BCUT2D eigenvalue weighted by atomic mass is 19.4. The van der Waals surface area contributed by atoms with Crippen molar-refractivity contribution in [3.8, 4) is 18.0 Å². The average Bonchev–Trinajstić information content (AvgIpc) is 3.42. The first-order chi connectivity index (χ1) is 20.8. The van der Waals surface area contributed by atoms with Crippen LogP contribution >= 0.6 is 0 Å². The standard InChI is InChI=1S/C32H34F3N7O/c1-40-14-4-7-23(40)20-43-31-25(17-37)26-19-41(28-9-3-6-21-5-2-8-27(29(21)28)32(33,34)35)15-11-24(26)30(39-31)42-16-13-38-22(18-42)10-12-36/h2-3,5-6,8-9,22-23,38H,4,7,10-11,13-16,18-20H2,1H3/t22-,23+/m1/s1. The van der Waals surface area contributed by atoms with Crippen LogP contribution in [0.1, 0.15) is 41.5 Å². The fourth-order valence-electron chi connectivity index (χ4n) is 6.73. The molecule has 1 N–H and O–H groups in total. The highest BCUT2D eigenvalue weighted by Gasteiger charge is 2.36. The van der Waals surface area contributed by atoms with Crippen LogP contribution in [0.15, 0.2) is 36.4 Å². The molecule has 43 heavy (non-hydrogen) atoms. The molecule has 0 radical (unpaired) electrons. The Kier molecular flexibility index (Phi) is 8.04. The van der Waals surface area contributed by atoms with E-state index in [1.807, 2.05) is 4.90 Å². The van der Waals surface area contributed by atoms with E-state index in [0.29, 0.717) is 62.3 Å². The van der Waals surface area contributed by atoms with Crippen LogP contribution in [0.5, 0.6) is 5.88 Å². The minimum atomic E-state index is -4.51. The van der Waals surface area contributed by atoms with Gasteiger partial charge < -0.3 is 24.8 Å². The molecule has 6 rings (SSSR count). The van der Waals surface area contributed by atoms with Gasteiger partial charge in [0, 0.05) is 67.0 Å². The molecule has 0 spiro atoms. The van der Waals surface area contributed by atoms with Crippen molar-refractivity contribution < 1.29 is 17.9 Å². The third kappa shape index (κ3) is 5.67. The first-order valence-electron chi connectivity index (χ1n) is 14.8. The number of nitriles is 2. The lowest BCUT2D eigenvalue weighted by atomic mass is 9.93. The number of hydrogen-bond acceptors (Lipinski definition) is 8. The first kappa shape index (κ1) is 29.0. The predicted octanol–water partition coefficient (Wildman–Crippen LogP) is 4.85. The van der Waals surface area contributed by atoms with Gasteiger partial charge in [-0.25, -0.2) is 0 Å². The lowest BCUT2D eigenvalue weighted by Gasteiger charge is -2.38. The van der Waals surface area contributed by atoms with Crippen LogP contribution in [0.2, 0.25) is 0 Å². The molecule has 11 heteroatoms. The van der Waals surface area contributed by atoms with Gasteiger partial charge in [0.15, 0.2) is 0 Å². The summed E-state index contributed by atoms with van der Waals surface area (Å²) in [4.78, 5) is 11.3. The summed E-state index contributed by atoms with van der Waals surface area (Å²) in [6.45, 7) is 4.07. The summed E-state index contributed by atoms with van der Waals surface area (Å²) in [7, 11) is 2.06. The van der Waals surface area contributed by atoms with E-state index in [9.17, 15) is 23.7 Å². The third-order valence-electron chi connectivity index (χ3n) is 8.96. The summed E-state index contributed by atoms with van der Waals surface area (Å²) < 4.78 is 48.7. The maximum Gasteiger partial charge on any atom is 0.417 e. The van der Waals surface area contributed by atoms with Crippen molar-refractivity contribution in [1.29, 1.82) is 10.5 Å². The van der Waals surface area contributed by atoms with Gasteiger partial charge in [-0.05, 0) is 50.4 Å². The van der Waals surface area contributed by atoms with Gasteiger partial charge in [-0.15, -0.1) is 0 Å². The number of aromatic nitrogens is 1. The van der Waals surface area contributed by atoms with Crippen molar-refractivity contribution in [1.82, 2.24) is 15.2 Å². The van der Waals surface area contributed by atoms with Crippen molar-refractivity contribution in [2.24, 2.45) is 0 Å². The molecule has 2 saturated heterocycles.